The zero-order valence-corrected chi connectivity index (χ0v) is 10.7. The van der Waals surface area contributed by atoms with Crippen molar-refractivity contribution in [1.29, 1.82) is 0 Å². The summed E-state index contributed by atoms with van der Waals surface area (Å²) >= 11 is 0. The summed E-state index contributed by atoms with van der Waals surface area (Å²) in [7, 11) is 4.35. The summed E-state index contributed by atoms with van der Waals surface area (Å²) in [6.07, 6.45) is 2.64. The maximum absolute atomic E-state index is 8.57. The van der Waals surface area contributed by atoms with Crippen molar-refractivity contribution < 1.29 is 9.84 Å². The molecule has 1 aliphatic rings. The summed E-state index contributed by atoms with van der Waals surface area (Å²) < 4.78 is 5.26. The maximum Gasteiger partial charge on any atom is 0.0698 e. The third-order valence-electron chi connectivity index (χ3n) is 3.26. The molecule has 0 aromatic heterocycles. The Morgan fingerprint density at radius 1 is 1.31 bits per heavy atom. The Balaban J connectivity index is 2.02. The lowest BCUT2D eigenvalue weighted by Gasteiger charge is -2.31. The molecule has 0 bridgehead atoms. The van der Waals surface area contributed by atoms with Gasteiger partial charge in [0.25, 0.3) is 0 Å². The van der Waals surface area contributed by atoms with Crippen LogP contribution in [0, 0.1) is 5.92 Å². The molecule has 0 aromatic carbocycles. The fourth-order valence-corrected chi connectivity index (χ4v) is 2.16. The third kappa shape index (κ3) is 5.80. The highest BCUT2D eigenvalue weighted by Gasteiger charge is 2.17. The van der Waals surface area contributed by atoms with Crippen molar-refractivity contribution in [2.24, 2.45) is 5.92 Å². The van der Waals surface area contributed by atoms with Crippen LogP contribution < -0.4 is 0 Å². The van der Waals surface area contributed by atoms with Gasteiger partial charge >= 0.3 is 0 Å². The molecule has 1 aliphatic heterocycles. The molecule has 0 aliphatic carbocycles. The standard InChI is InChI=1S/C12H26N2O2/c1-13-5-3-12(4-6-13)11-14(2)7-9-16-10-8-15/h12,15H,3-11H2,1-2H3. The van der Waals surface area contributed by atoms with E-state index in [9.17, 15) is 0 Å². The highest BCUT2D eigenvalue weighted by molar-refractivity contribution is 4.72. The first-order valence-electron chi connectivity index (χ1n) is 6.28. The predicted molar refractivity (Wildman–Crippen MR) is 65.6 cm³/mol. The fraction of sp³-hybridized carbons (Fsp3) is 1.00. The molecule has 0 aromatic rings. The first kappa shape index (κ1) is 13.9. The van der Waals surface area contributed by atoms with Gasteiger partial charge in [-0.1, -0.05) is 0 Å². The van der Waals surface area contributed by atoms with E-state index in [0.717, 1.165) is 19.1 Å². The lowest BCUT2D eigenvalue weighted by atomic mass is 9.97. The van der Waals surface area contributed by atoms with Gasteiger partial charge in [-0.3, -0.25) is 0 Å². The molecule has 1 rings (SSSR count). The van der Waals surface area contributed by atoms with Gasteiger partial charge in [0.1, 0.15) is 0 Å². The quantitative estimate of drug-likeness (QED) is 0.637. The number of hydrogen-bond acceptors (Lipinski definition) is 4. The monoisotopic (exact) mass is 230 g/mol. The number of rotatable bonds is 7. The van der Waals surface area contributed by atoms with Crippen LogP contribution in [0.25, 0.3) is 0 Å². The van der Waals surface area contributed by atoms with Crippen molar-refractivity contribution in [3.8, 4) is 0 Å². The molecule has 0 amide bonds. The molecule has 1 N–H and O–H groups in total. The number of piperidine rings is 1. The SMILES string of the molecule is CN1CCC(CN(C)CCOCCO)CC1. The van der Waals surface area contributed by atoms with E-state index in [-0.39, 0.29) is 6.61 Å². The highest BCUT2D eigenvalue weighted by atomic mass is 16.5. The molecular formula is C12H26N2O2. The van der Waals surface area contributed by atoms with Gasteiger partial charge < -0.3 is 19.6 Å². The van der Waals surface area contributed by atoms with Gasteiger partial charge in [0.2, 0.25) is 0 Å². The fourth-order valence-electron chi connectivity index (χ4n) is 2.16. The van der Waals surface area contributed by atoms with E-state index < -0.39 is 0 Å². The van der Waals surface area contributed by atoms with Crippen molar-refractivity contribution in [3.05, 3.63) is 0 Å². The molecule has 4 heteroatoms. The van der Waals surface area contributed by atoms with Gasteiger partial charge in [0.05, 0.1) is 19.8 Å². The number of aliphatic hydroxyl groups excluding tert-OH is 1. The summed E-state index contributed by atoms with van der Waals surface area (Å²) in [5.74, 6) is 0.846. The van der Waals surface area contributed by atoms with Crippen LogP contribution >= 0.6 is 0 Å². The average Bonchev–Trinajstić information content (AvgIpc) is 2.28. The summed E-state index contributed by atoms with van der Waals surface area (Å²) in [5.41, 5.74) is 0. The molecule has 1 heterocycles. The summed E-state index contributed by atoms with van der Waals surface area (Å²) in [6.45, 7) is 5.92. The highest BCUT2D eigenvalue weighted by Crippen LogP contribution is 2.16. The average molecular weight is 230 g/mol. The number of ether oxygens (including phenoxy) is 1. The Hall–Kier alpha value is -0.160. The number of hydrogen-bond donors (Lipinski definition) is 1. The van der Waals surface area contributed by atoms with Crippen LogP contribution in [-0.2, 0) is 4.74 Å². The van der Waals surface area contributed by atoms with Crippen molar-refractivity contribution >= 4 is 0 Å². The summed E-state index contributed by atoms with van der Waals surface area (Å²) in [4.78, 5) is 4.74. The molecule has 0 spiro atoms. The number of aliphatic hydroxyl groups is 1. The second kappa shape index (κ2) is 8.01. The zero-order valence-electron chi connectivity index (χ0n) is 10.7. The number of likely N-dealkylation sites (tertiary alicyclic amines) is 1. The topological polar surface area (TPSA) is 35.9 Å². The van der Waals surface area contributed by atoms with Crippen LogP contribution in [0.4, 0.5) is 0 Å². The van der Waals surface area contributed by atoms with Crippen molar-refractivity contribution in [3.63, 3.8) is 0 Å². The molecule has 96 valence electrons. The second-order valence-corrected chi connectivity index (χ2v) is 4.84. The van der Waals surface area contributed by atoms with Gasteiger partial charge in [0, 0.05) is 13.1 Å². The minimum absolute atomic E-state index is 0.124. The Labute approximate surface area is 99.2 Å². The molecule has 1 fully saturated rings. The molecule has 16 heavy (non-hydrogen) atoms. The number of nitrogens with zero attached hydrogens (tertiary/aromatic N) is 2. The van der Waals surface area contributed by atoms with Gasteiger partial charge in [-0.05, 0) is 45.9 Å². The smallest absolute Gasteiger partial charge is 0.0698 e. The Morgan fingerprint density at radius 2 is 2.00 bits per heavy atom. The van der Waals surface area contributed by atoms with Crippen LogP contribution in [0.15, 0.2) is 0 Å². The Morgan fingerprint density at radius 3 is 2.62 bits per heavy atom. The van der Waals surface area contributed by atoms with Crippen LogP contribution in [0.3, 0.4) is 0 Å². The number of likely N-dealkylation sites (N-methyl/N-ethyl adjacent to an activating group) is 1. The van der Waals surface area contributed by atoms with E-state index in [0.29, 0.717) is 6.61 Å². The molecule has 0 saturated carbocycles. The largest absolute Gasteiger partial charge is 0.394 e. The molecule has 0 atom stereocenters. The predicted octanol–water partition coefficient (Wildman–Crippen LogP) is 0.269. The Kier molecular flexibility index (Phi) is 6.96. The van der Waals surface area contributed by atoms with Crippen molar-refractivity contribution in [2.75, 3.05) is 60.1 Å². The molecule has 1 saturated heterocycles. The van der Waals surface area contributed by atoms with E-state index in [4.69, 9.17) is 9.84 Å². The van der Waals surface area contributed by atoms with Gasteiger partial charge in [0.15, 0.2) is 0 Å². The minimum atomic E-state index is 0.124. The van der Waals surface area contributed by atoms with Crippen LogP contribution in [0.5, 0.6) is 0 Å². The van der Waals surface area contributed by atoms with Gasteiger partial charge in [-0.25, -0.2) is 0 Å². The van der Waals surface area contributed by atoms with E-state index in [2.05, 4.69) is 23.9 Å². The lowest BCUT2D eigenvalue weighted by Crippen LogP contribution is -2.36. The Bertz CT molecular complexity index is 170. The first-order chi connectivity index (χ1) is 7.72. The molecule has 4 nitrogen and oxygen atoms in total. The van der Waals surface area contributed by atoms with Crippen LogP contribution in [0.2, 0.25) is 0 Å². The van der Waals surface area contributed by atoms with Gasteiger partial charge in [-0.15, -0.1) is 0 Å². The summed E-state index contributed by atoms with van der Waals surface area (Å²) in [6, 6.07) is 0. The maximum atomic E-state index is 8.57. The van der Waals surface area contributed by atoms with Gasteiger partial charge in [-0.2, -0.15) is 0 Å². The van der Waals surface area contributed by atoms with E-state index in [1.54, 1.807) is 0 Å². The van der Waals surface area contributed by atoms with Crippen LogP contribution in [-0.4, -0.2) is 75.0 Å². The third-order valence-corrected chi connectivity index (χ3v) is 3.26. The molecule has 0 radical (unpaired) electrons. The first-order valence-corrected chi connectivity index (χ1v) is 6.28. The molecule has 0 unspecified atom stereocenters. The second-order valence-electron chi connectivity index (χ2n) is 4.84. The van der Waals surface area contributed by atoms with E-state index in [1.165, 1.54) is 32.5 Å². The zero-order chi connectivity index (χ0) is 11.8. The van der Waals surface area contributed by atoms with Crippen LogP contribution in [0.1, 0.15) is 12.8 Å². The molecular weight excluding hydrogens is 204 g/mol. The normalized spacial score (nSPS) is 19.5. The van der Waals surface area contributed by atoms with Crippen molar-refractivity contribution in [1.82, 2.24) is 9.80 Å². The van der Waals surface area contributed by atoms with E-state index >= 15 is 0 Å². The van der Waals surface area contributed by atoms with E-state index in [1.807, 2.05) is 0 Å². The minimum Gasteiger partial charge on any atom is -0.394 e. The lowest BCUT2D eigenvalue weighted by molar-refractivity contribution is 0.0727. The van der Waals surface area contributed by atoms with Crippen molar-refractivity contribution in [2.45, 2.75) is 12.8 Å². The summed E-state index contributed by atoms with van der Waals surface area (Å²) in [5, 5.41) is 8.57.